The first kappa shape index (κ1) is 101. The zero-order chi connectivity index (χ0) is 81.4. The van der Waals surface area contributed by atoms with Crippen molar-refractivity contribution in [3.63, 3.8) is 0 Å². The summed E-state index contributed by atoms with van der Waals surface area (Å²) in [5.74, 6) is -1.92. The van der Waals surface area contributed by atoms with Crippen LogP contribution in [0.25, 0.3) is 33.4 Å². The number of aldehydes is 1. The summed E-state index contributed by atoms with van der Waals surface area (Å²) in [4.78, 5) is 103. The van der Waals surface area contributed by atoms with Crippen LogP contribution in [0.1, 0.15) is 138 Å². The molecule has 0 saturated carbocycles. The number of aryl methyl sites for hydroxylation is 3. The Hall–Kier alpha value is -7.55. The van der Waals surface area contributed by atoms with Gasteiger partial charge in [-0.2, -0.15) is 0 Å². The van der Waals surface area contributed by atoms with Crippen LogP contribution in [0.4, 0.5) is 26.7 Å². The normalized spacial score (nSPS) is 10.4. The van der Waals surface area contributed by atoms with E-state index in [4.69, 9.17) is 58.5 Å². The van der Waals surface area contributed by atoms with Crippen molar-refractivity contribution in [2.24, 2.45) is 0 Å². The molecule has 0 aromatic heterocycles. The molecule has 0 heterocycles. The summed E-state index contributed by atoms with van der Waals surface area (Å²) in [7, 11) is 14.3. The first-order chi connectivity index (χ1) is 51.2. The SMILES string of the molecule is CC(=O)OOC(C)=O.CCc1cccc(-c2c(Cl)cccc2N(CCCCOC)C(=O)CN(C)C(=O)OC(C)(C)C)c1.CCc1cccc(-c2c(Cl)cccc2N(CCCCOC)C(=O)CNC)c1.CCc1cccc(-c2c(Cl)cccc2NCCCCOC)c1.CN(CC=O)C(=O)OC(C)(C)C.[B-]OC(C)=O.[Na+]. The second-order valence-electron chi connectivity index (χ2n) is 26.4. The Kier molecular flexibility index (Phi) is 52.7. The molecule has 6 aromatic rings. The third-order valence-corrected chi connectivity index (χ3v) is 15.9. The van der Waals surface area contributed by atoms with Gasteiger partial charge >= 0.3 is 53.7 Å². The van der Waals surface area contributed by atoms with Crippen LogP contribution in [-0.2, 0) is 86.1 Å². The molecule has 22 nitrogen and oxygen atoms in total. The van der Waals surface area contributed by atoms with Gasteiger partial charge in [-0.15, -0.1) is 0 Å². The molecule has 109 heavy (non-hydrogen) atoms. The average Bonchev–Trinajstić information content (AvgIpc) is 0.811. The number of anilines is 3. The van der Waals surface area contributed by atoms with Crippen LogP contribution in [0.5, 0.6) is 0 Å². The molecule has 6 rings (SSSR count). The zero-order valence-electron chi connectivity index (χ0n) is 67.5. The van der Waals surface area contributed by atoms with Gasteiger partial charge in [-0.05, 0) is 176 Å². The summed E-state index contributed by atoms with van der Waals surface area (Å²) in [6.07, 6.45) is 7.98. The maximum absolute atomic E-state index is 13.5. The van der Waals surface area contributed by atoms with Gasteiger partial charge in [0.1, 0.15) is 24.0 Å². The summed E-state index contributed by atoms with van der Waals surface area (Å²) in [5, 5.41) is 8.48. The smallest absolute Gasteiger partial charge is 0.793 e. The number of hydrogen-bond acceptors (Lipinski definition) is 18. The van der Waals surface area contributed by atoms with Crippen LogP contribution in [0.3, 0.4) is 0 Å². The Morgan fingerprint density at radius 2 is 0.853 bits per heavy atom. The van der Waals surface area contributed by atoms with Gasteiger partial charge in [-0.1, -0.05) is 147 Å². The van der Waals surface area contributed by atoms with Gasteiger partial charge in [0.25, 0.3) is 0 Å². The number of carbonyl (C=O) groups excluding carboxylic acids is 8. The van der Waals surface area contributed by atoms with E-state index in [9.17, 15) is 38.4 Å². The quantitative estimate of drug-likeness (QED) is 0.0140. The molecule has 0 bridgehead atoms. The molecule has 0 aliphatic heterocycles. The van der Waals surface area contributed by atoms with Crippen LogP contribution in [0.15, 0.2) is 127 Å². The Morgan fingerprint density at radius 3 is 1.21 bits per heavy atom. The van der Waals surface area contributed by atoms with E-state index in [2.05, 4.69) is 115 Å². The van der Waals surface area contributed by atoms with Gasteiger partial charge in [0, 0.05) is 118 Å². The molecular weight excluding hydrogens is 1470 g/mol. The number of likely N-dealkylation sites (N-methyl/N-ethyl adjacent to an activating group) is 3. The van der Waals surface area contributed by atoms with Gasteiger partial charge in [0.2, 0.25) is 17.8 Å². The number of ether oxygens (including phenoxy) is 5. The van der Waals surface area contributed by atoms with Crippen molar-refractivity contribution in [3.05, 3.63) is 159 Å². The molecule has 27 heteroatoms. The molecule has 0 aliphatic carbocycles. The first-order valence-electron chi connectivity index (χ1n) is 35.9. The number of benzene rings is 6. The Balaban J connectivity index is 0.00000140. The van der Waals surface area contributed by atoms with Crippen LogP contribution in [0.2, 0.25) is 15.1 Å². The predicted octanol–water partition coefficient (Wildman–Crippen LogP) is 13.9. The summed E-state index contributed by atoms with van der Waals surface area (Å²) in [6, 6.07) is 42.5. The molecular formula is C82H114BCl3N6NaO16. The molecule has 6 aromatic carbocycles. The van der Waals surface area contributed by atoms with Gasteiger partial charge in [0.15, 0.2) is 0 Å². The molecule has 0 atom stereocenters. The predicted molar refractivity (Wildman–Crippen MR) is 434 cm³/mol. The molecule has 0 saturated heterocycles. The number of unbranched alkanes of at least 4 members (excludes halogenated alkanes) is 3. The molecule has 0 unspecified atom stereocenters. The average molecular weight is 1580 g/mol. The fourth-order valence-electron chi connectivity index (χ4n) is 9.82. The van der Waals surface area contributed by atoms with Crippen molar-refractivity contribution in [2.75, 3.05) is 117 Å². The third-order valence-electron chi connectivity index (χ3n) is 15.0. The number of carbonyl (C=O) groups is 8. The minimum atomic E-state index is -0.640. The summed E-state index contributed by atoms with van der Waals surface area (Å²) < 4.78 is 29.4. The zero-order valence-corrected chi connectivity index (χ0v) is 71.7. The van der Waals surface area contributed by atoms with Crippen LogP contribution in [-0.4, -0.2) is 179 Å². The van der Waals surface area contributed by atoms with Crippen molar-refractivity contribution in [1.29, 1.82) is 0 Å². The number of nitrogens with zero attached hydrogens (tertiary/aromatic N) is 4. The maximum Gasteiger partial charge on any atom is 1.00 e. The Labute approximate surface area is 685 Å². The molecule has 0 spiro atoms. The van der Waals surface area contributed by atoms with E-state index in [0.717, 1.165) is 135 Å². The number of halogens is 3. The van der Waals surface area contributed by atoms with E-state index >= 15 is 0 Å². The third kappa shape index (κ3) is 41.9. The van der Waals surface area contributed by atoms with Crippen LogP contribution >= 0.6 is 34.8 Å². The van der Waals surface area contributed by atoms with E-state index in [-0.39, 0.29) is 61.0 Å². The van der Waals surface area contributed by atoms with Crippen molar-refractivity contribution in [2.45, 2.75) is 152 Å². The van der Waals surface area contributed by atoms with E-state index in [1.807, 2.05) is 71.6 Å². The summed E-state index contributed by atoms with van der Waals surface area (Å²) in [6.45, 7) is 25.0. The minimum Gasteiger partial charge on any atom is -0.793 e. The van der Waals surface area contributed by atoms with Gasteiger partial charge < -0.3 is 71.4 Å². The fraction of sp³-hybridized carbons (Fsp3) is 0.463. The standard InChI is InChI=1S/C27H37ClN2O4.C22H29ClN2O2.C19H24ClNO.C8H15NO3.C4H6O4.C2H3BO2.Na/c1-7-20-12-10-13-21(18-20)25-22(28)14-11-15-23(25)30(16-8-9-17-33-6)24(31)19-29(5)26(32)34-27(2,3)4;1-4-17-9-7-10-18(15-17)22-19(23)11-8-12-20(22)25(21(26)16-24-2)13-5-6-14-27-3;1-3-15-8-6-9-16(14-15)19-17(20)10-7-11-18(19)21-12-4-5-13-22-2;1-8(2,3)12-7(11)9(4)5-6-10;1-3(5)7-8-4(2)6;1-2(4)5-3;/h10-15,18H,7-9,16-17,19H2,1-6H3;7-12,15,24H,4-6,13-14,16H2,1-3H3;6-11,14,21H,3-5,12-13H2,1-2H3;6H,5H2,1-4H3;1-2H3;1H3;/q;;;;;-1;+1. The molecule has 0 fully saturated rings. The molecule has 4 amide bonds. The van der Waals surface area contributed by atoms with E-state index < -0.39 is 41.3 Å². The van der Waals surface area contributed by atoms with Crippen molar-refractivity contribution >= 4 is 108 Å². The van der Waals surface area contributed by atoms with E-state index in [0.29, 0.717) is 42.6 Å². The topological polar surface area (TPSA) is 247 Å². The Morgan fingerprint density at radius 1 is 0.495 bits per heavy atom. The van der Waals surface area contributed by atoms with Crippen molar-refractivity contribution in [3.8, 4) is 33.4 Å². The molecule has 0 aliphatic rings. The number of nitrogens with one attached hydrogen (secondary N) is 2. The van der Waals surface area contributed by atoms with E-state index in [1.165, 1.54) is 46.0 Å². The fourth-order valence-corrected chi connectivity index (χ4v) is 10.7. The summed E-state index contributed by atoms with van der Waals surface area (Å²) >= 11 is 19.7. The van der Waals surface area contributed by atoms with Gasteiger partial charge in [0.05, 0.1) is 39.5 Å². The number of rotatable bonds is 30. The van der Waals surface area contributed by atoms with Crippen LogP contribution in [0, 0.1) is 0 Å². The Bertz CT molecular complexity index is 3700. The maximum atomic E-state index is 13.5. The van der Waals surface area contributed by atoms with Crippen molar-refractivity contribution in [1.82, 2.24) is 15.1 Å². The summed E-state index contributed by atoms with van der Waals surface area (Å²) in [5.41, 5.74) is 11.2. The number of methoxy groups -OCH3 is 3. The largest absolute Gasteiger partial charge is 1.00 e. The second kappa shape index (κ2) is 56.6. The van der Waals surface area contributed by atoms with E-state index in [1.54, 1.807) is 81.9 Å². The number of amides is 4. The van der Waals surface area contributed by atoms with Gasteiger partial charge in [-0.25, -0.2) is 29.0 Å². The second-order valence-corrected chi connectivity index (χ2v) is 27.6. The minimum absolute atomic E-state index is 0. The molecule has 593 valence electrons. The van der Waals surface area contributed by atoms with Crippen LogP contribution < -0.4 is 50.0 Å². The first-order valence-corrected chi connectivity index (χ1v) is 37.0. The number of hydrogen-bond donors (Lipinski definition) is 2. The monoisotopic (exact) mass is 1580 g/mol. The molecule has 3 radical (unpaired) electrons. The molecule has 2 N–H and O–H groups in total. The van der Waals surface area contributed by atoms with Crippen molar-refractivity contribution < 1.29 is 106 Å². The van der Waals surface area contributed by atoms with Gasteiger partial charge in [-0.3, -0.25) is 14.4 Å².